The number of aromatic nitrogens is 2. The fourth-order valence-corrected chi connectivity index (χ4v) is 2.91. The third-order valence-corrected chi connectivity index (χ3v) is 4.25. The number of aryl methyl sites for hydroxylation is 2. The molecule has 0 bridgehead atoms. The van der Waals surface area contributed by atoms with Gasteiger partial charge in [-0.1, -0.05) is 25.1 Å². The van der Waals surface area contributed by atoms with Crippen LogP contribution in [0.2, 0.25) is 0 Å². The Morgan fingerprint density at radius 3 is 2.48 bits per heavy atom. The molecule has 25 heavy (non-hydrogen) atoms. The van der Waals surface area contributed by atoms with Crippen LogP contribution in [0.5, 0.6) is 0 Å². The van der Waals surface area contributed by atoms with E-state index in [1.54, 1.807) is 0 Å². The highest BCUT2D eigenvalue weighted by Crippen LogP contribution is 2.27. The van der Waals surface area contributed by atoms with Gasteiger partial charge >= 0.3 is 0 Å². The zero-order valence-corrected chi connectivity index (χ0v) is 14.8. The summed E-state index contributed by atoms with van der Waals surface area (Å²) >= 11 is 0. The minimum absolute atomic E-state index is 0.0179. The molecule has 0 aliphatic rings. The average Bonchev–Trinajstić information content (AvgIpc) is 3.21. The molecule has 1 unspecified atom stereocenters. The second-order valence-corrected chi connectivity index (χ2v) is 6.04. The maximum absolute atomic E-state index is 9.74. The SMILES string of the molecule is CCC(CO)N(Cc1nnc(-c2cc(C)oc2C)o1)c1ccccc1. The van der Waals surface area contributed by atoms with Gasteiger partial charge in [0.05, 0.1) is 24.8 Å². The maximum Gasteiger partial charge on any atom is 0.251 e. The van der Waals surface area contributed by atoms with Crippen LogP contribution in [0, 0.1) is 13.8 Å². The number of furan rings is 1. The highest BCUT2D eigenvalue weighted by Gasteiger charge is 2.21. The number of aliphatic hydroxyl groups is 1. The van der Waals surface area contributed by atoms with E-state index < -0.39 is 0 Å². The van der Waals surface area contributed by atoms with Gasteiger partial charge in [-0.3, -0.25) is 0 Å². The lowest BCUT2D eigenvalue weighted by Crippen LogP contribution is -2.37. The molecular weight excluding hydrogens is 318 g/mol. The smallest absolute Gasteiger partial charge is 0.251 e. The zero-order valence-electron chi connectivity index (χ0n) is 14.8. The summed E-state index contributed by atoms with van der Waals surface area (Å²) in [7, 11) is 0. The van der Waals surface area contributed by atoms with E-state index >= 15 is 0 Å². The minimum Gasteiger partial charge on any atom is -0.466 e. The van der Waals surface area contributed by atoms with Gasteiger partial charge in [-0.05, 0) is 38.5 Å². The van der Waals surface area contributed by atoms with Crippen molar-refractivity contribution < 1.29 is 13.9 Å². The van der Waals surface area contributed by atoms with Crippen molar-refractivity contribution in [2.75, 3.05) is 11.5 Å². The molecule has 3 rings (SSSR count). The predicted molar refractivity (Wildman–Crippen MR) is 95.3 cm³/mol. The first-order chi connectivity index (χ1) is 12.1. The van der Waals surface area contributed by atoms with Crippen LogP contribution < -0.4 is 4.90 Å². The summed E-state index contributed by atoms with van der Waals surface area (Å²) in [6.45, 7) is 6.31. The van der Waals surface area contributed by atoms with E-state index in [9.17, 15) is 5.11 Å². The van der Waals surface area contributed by atoms with E-state index in [-0.39, 0.29) is 12.6 Å². The summed E-state index contributed by atoms with van der Waals surface area (Å²) in [5.41, 5.74) is 1.83. The van der Waals surface area contributed by atoms with E-state index in [4.69, 9.17) is 8.83 Å². The lowest BCUT2D eigenvalue weighted by Gasteiger charge is -2.30. The number of hydrogen-bond acceptors (Lipinski definition) is 6. The van der Waals surface area contributed by atoms with Gasteiger partial charge in [0.1, 0.15) is 11.5 Å². The summed E-state index contributed by atoms with van der Waals surface area (Å²) in [4.78, 5) is 2.09. The molecule has 1 aromatic carbocycles. The van der Waals surface area contributed by atoms with Crippen LogP contribution in [-0.2, 0) is 6.54 Å². The van der Waals surface area contributed by atoms with E-state index in [2.05, 4.69) is 15.1 Å². The van der Waals surface area contributed by atoms with Crippen molar-refractivity contribution in [2.45, 2.75) is 39.8 Å². The summed E-state index contributed by atoms with van der Waals surface area (Å²) in [5.74, 6) is 2.53. The van der Waals surface area contributed by atoms with E-state index in [1.807, 2.05) is 57.2 Å². The Kier molecular flexibility index (Phi) is 5.19. The van der Waals surface area contributed by atoms with Gasteiger partial charge in [0.15, 0.2) is 0 Å². The minimum atomic E-state index is -0.0179. The fourth-order valence-electron chi connectivity index (χ4n) is 2.91. The average molecular weight is 341 g/mol. The second-order valence-electron chi connectivity index (χ2n) is 6.04. The molecule has 0 amide bonds. The fraction of sp³-hybridized carbons (Fsp3) is 0.368. The van der Waals surface area contributed by atoms with Crippen molar-refractivity contribution in [3.05, 3.63) is 53.8 Å². The number of hydrogen-bond donors (Lipinski definition) is 1. The van der Waals surface area contributed by atoms with Gasteiger partial charge in [-0.2, -0.15) is 0 Å². The quantitative estimate of drug-likeness (QED) is 0.706. The van der Waals surface area contributed by atoms with Crippen LogP contribution in [0.4, 0.5) is 5.69 Å². The first-order valence-corrected chi connectivity index (χ1v) is 8.44. The largest absolute Gasteiger partial charge is 0.466 e. The van der Waals surface area contributed by atoms with Gasteiger partial charge in [-0.15, -0.1) is 10.2 Å². The first kappa shape index (κ1) is 17.2. The van der Waals surface area contributed by atoms with Crippen LogP contribution in [-0.4, -0.2) is 28.0 Å². The molecule has 0 fully saturated rings. The van der Waals surface area contributed by atoms with Crippen molar-refractivity contribution in [1.82, 2.24) is 10.2 Å². The maximum atomic E-state index is 9.74. The van der Waals surface area contributed by atoms with Crippen LogP contribution >= 0.6 is 0 Å². The topological polar surface area (TPSA) is 75.5 Å². The van der Waals surface area contributed by atoms with Gasteiger partial charge in [0.2, 0.25) is 5.89 Å². The van der Waals surface area contributed by atoms with Crippen LogP contribution in [0.1, 0.15) is 30.8 Å². The standard InChI is InChI=1S/C19H23N3O3/c1-4-15(12-23)22(16-8-6-5-7-9-16)11-18-20-21-19(25-18)17-10-13(2)24-14(17)3/h5-10,15,23H,4,11-12H2,1-3H3. The van der Waals surface area contributed by atoms with Crippen molar-refractivity contribution in [3.8, 4) is 11.5 Å². The molecule has 132 valence electrons. The molecule has 1 N–H and O–H groups in total. The molecule has 6 nitrogen and oxygen atoms in total. The summed E-state index contributed by atoms with van der Waals surface area (Å²) < 4.78 is 11.4. The van der Waals surface area contributed by atoms with Crippen LogP contribution in [0.25, 0.3) is 11.5 Å². The Labute approximate surface area is 147 Å². The first-order valence-electron chi connectivity index (χ1n) is 8.44. The molecule has 0 spiro atoms. The molecule has 6 heteroatoms. The number of benzene rings is 1. The highest BCUT2D eigenvalue weighted by molar-refractivity contribution is 5.56. The number of aliphatic hydroxyl groups excluding tert-OH is 1. The van der Waals surface area contributed by atoms with Crippen molar-refractivity contribution >= 4 is 5.69 Å². The zero-order chi connectivity index (χ0) is 17.8. The molecule has 0 radical (unpaired) electrons. The van der Waals surface area contributed by atoms with E-state index in [0.717, 1.165) is 29.2 Å². The Bertz CT molecular complexity index is 806. The molecule has 0 aliphatic heterocycles. The Morgan fingerprint density at radius 2 is 1.88 bits per heavy atom. The Hall–Kier alpha value is -2.60. The number of nitrogens with zero attached hydrogens (tertiary/aromatic N) is 3. The molecule has 2 heterocycles. The van der Waals surface area contributed by atoms with E-state index in [1.165, 1.54) is 0 Å². The monoisotopic (exact) mass is 341 g/mol. The Morgan fingerprint density at radius 1 is 1.12 bits per heavy atom. The summed E-state index contributed by atoms with van der Waals surface area (Å²) in [6.07, 6.45) is 0.812. The second kappa shape index (κ2) is 7.53. The molecule has 1 atom stereocenters. The molecule has 2 aromatic heterocycles. The summed E-state index contributed by atoms with van der Waals surface area (Å²) in [6, 6.07) is 11.8. The van der Waals surface area contributed by atoms with Crippen molar-refractivity contribution in [2.24, 2.45) is 0 Å². The molecule has 0 saturated heterocycles. The lowest BCUT2D eigenvalue weighted by atomic mass is 10.1. The van der Waals surface area contributed by atoms with E-state index in [0.29, 0.717) is 18.3 Å². The Balaban J connectivity index is 1.86. The summed E-state index contributed by atoms with van der Waals surface area (Å²) in [5, 5.41) is 18.1. The third kappa shape index (κ3) is 3.74. The third-order valence-electron chi connectivity index (χ3n) is 4.25. The van der Waals surface area contributed by atoms with Gasteiger partial charge < -0.3 is 18.8 Å². The van der Waals surface area contributed by atoms with Gasteiger partial charge in [0, 0.05) is 5.69 Å². The van der Waals surface area contributed by atoms with Crippen molar-refractivity contribution in [3.63, 3.8) is 0 Å². The van der Waals surface area contributed by atoms with Gasteiger partial charge in [-0.25, -0.2) is 0 Å². The number of rotatable bonds is 7. The van der Waals surface area contributed by atoms with Crippen LogP contribution in [0.3, 0.4) is 0 Å². The normalized spacial score (nSPS) is 12.3. The van der Waals surface area contributed by atoms with Crippen LogP contribution in [0.15, 0.2) is 45.2 Å². The molecular formula is C19H23N3O3. The van der Waals surface area contributed by atoms with Crippen molar-refractivity contribution in [1.29, 1.82) is 0 Å². The molecule has 0 saturated carbocycles. The number of para-hydroxylation sites is 1. The molecule has 0 aliphatic carbocycles. The highest BCUT2D eigenvalue weighted by atomic mass is 16.4. The number of anilines is 1. The molecule has 3 aromatic rings. The lowest BCUT2D eigenvalue weighted by molar-refractivity contribution is 0.253. The predicted octanol–water partition coefficient (Wildman–Crippen LogP) is 3.72. The van der Waals surface area contributed by atoms with Gasteiger partial charge in [0.25, 0.3) is 5.89 Å².